The standard InChI is InChI=1S/C20H19F2N5O3/c1-2-3-10-30-15-7-5-14(6-8-15)25-19-18(27(28)29)20(24-12-23-19)26-17-11-13(21)4-9-16(17)22/h4-9,11-12H,2-3,10H2,1H3,(H2,23,24,25,26). The maximum absolute atomic E-state index is 13.9. The van der Waals surface area contributed by atoms with Crippen molar-refractivity contribution in [2.75, 3.05) is 17.2 Å². The molecule has 0 aliphatic carbocycles. The number of halogens is 2. The number of unbranched alkanes of at least 4 members (excludes halogenated alkanes) is 1. The summed E-state index contributed by atoms with van der Waals surface area (Å²) >= 11 is 0. The molecular formula is C20H19F2N5O3. The summed E-state index contributed by atoms with van der Waals surface area (Å²) in [5, 5.41) is 16.9. The van der Waals surface area contributed by atoms with Gasteiger partial charge in [0.15, 0.2) is 0 Å². The highest BCUT2D eigenvalue weighted by molar-refractivity contribution is 5.76. The van der Waals surface area contributed by atoms with E-state index in [0.29, 0.717) is 18.0 Å². The molecule has 0 saturated carbocycles. The first-order chi connectivity index (χ1) is 14.5. The van der Waals surface area contributed by atoms with Crippen LogP contribution in [-0.4, -0.2) is 21.5 Å². The number of nitro groups is 1. The predicted molar refractivity (Wildman–Crippen MR) is 108 cm³/mol. The van der Waals surface area contributed by atoms with Gasteiger partial charge in [-0.3, -0.25) is 10.1 Å². The van der Waals surface area contributed by atoms with Crippen LogP contribution in [0.1, 0.15) is 19.8 Å². The molecule has 2 aromatic carbocycles. The van der Waals surface area contributed by atoms with Gasteiger partial charge in [-0.2, -0.15) is 0 Å². The Kier molecular flexibility index (Phi) is 6.68. The van der Waals surface area contributed by atoms with Crippen molar-refractivity contribution < 1.29 is 18.4 Å². The Hall–Kier alpha value is -3.82. The van der Waals surface area contributed by atoms with Gasteiger partial charge in [0.25, 0.3) is 0 Å². The van der Waals surface area contributed by atoms with E-state index in [0.717, 1.165) is 37.4 Å². The van der Waals surface area contributed by atoms with Crippen molar-refractivity contribution in [1.29, 1.82) is 0 Å². The third kappa shape index (κ3) is 5.16. The first-order valence-electron chi connectivity index (χ1n) is 9.19. The van der Waals surface area contributed by atoms with E-state index >= 15 is 0 Å². The van der Waals surface area contributed by atoms with Crippen LogP contribution in [0.3, 0.4) is 0 Å². The van der Waals surface area contributed by atoms with E-state index in [4.69, 9.17) is 4.74 Å². The smallest absolute Gasteiger partial charge is 0.353 e. The minimum atomic E-state index is -0.780. The summed E-state index contributed by atoms with van der Waals surface area (Å²) in [7, 11) is 0. The lowest BCUT2D eigenvalue weighted by molar-refractivity contribution is -0.383. The molecular weight excluding hydrogens is 396 g/mol. The second kappa shape index (κ2) is 9.59. The van der Waals surface area contributed by atoms with Gasteiger partial charge in [-0.1, -0.05) is 13.3 Å². The van der Waals surface area contributed by atoms with Gasteiger partial charge in [-0.05, 0) is 42.8 Å². The van der Waals surface area contributed by atoms with Gasteiger partial charge in [0.2, 0.25) is 11.6 Å². The zero-order valence-electron chi connectivity index (χ0n) is 16.1. The maximum Gasteiger partial charge on any atom is 0.353 e. The summed E-state index contributed by atoms with van der Waals surface area (Å²) < 4.78 is 32.9. The van der Waals surface area contributed by atoms with E-state index in [-0.39, 0.29) is 17.3 Å². The Labute approximate surface area is 171 Å². The number of benzene rings is 2. The quantitative estimate of drug-likeness (QED) is 0.277. The number of rotatable bonds is 9. The van der Waals surface area contributed by atoms with Crippen LogP contribution in [0, 0.1) is 21.7 Å². The average Bonchev–Trinajstić information content (AvgIpc) is 2.72. The fraction of sp³-hybridized carbons (Fsp3) is 0.200. The summed E-state index contributed by atoms with van der Waals surface area (Å²) in [4.78, 5) is 18.7. The minimum absolute atomic E-state index is 0.103. The number of hydrogen-bond donors (Lipinski definition) is 2. The first kappa shape index (κ1) is 20.9. The number of hydrogen-bond acceptors (Lipinski definition) is 7. The van der Waals surface area contributed by atoms with Crippen LogP contribution in [0.2, 0.25) is 0 Å². The van der Waals surface area contributed by atoms with Crippen LogP contribution in [0.25, 0.3) is 0 Å². The molecule has 1 heterocycles. The van der Waals surface area contributed by atoms with Crippen molar-refractivity contribution in [1.82, 2.24) is 9.97 Å². The summed E-state index contributed by atoms with van der Waals surface area (Å²) in [6.07, 6.45) is 3.04. The second-order valence-electron chi connectivity index (χ2n) is 6.28. The third-order valence-electron chi connectivity index (χ3n) is 4.07. The summed E-state index contributed by atoms with van der Waals surface area (Å²) in [5.74, 6) is -1.18. The Morgan fingerprint density at radius 2 is 1.77 bits per heavy atom. The molecule has 2 N–H and O–H groups in total. The normalized spacial score (nSPS) is 10.5. The van der Waals surface area contributed by atoms with Gasteiger partial charge in [-0.15, -0.1) is 0 Å². The van der Waals surface area contributed by atoms with Crippen molar-refractivity contribution in [3.05, 3.63) is 70.5 Å². The number of nitrogens with one attached hydrogen (secondary N) is 2. The lowest BCUT2D eigenvalue weighted by atomic mass is 10.2. The largest absolute Gasteiger partial charge is 0.494 e. The topological polar surface area (TPSA) is 102 Å². The molecule has 0 fully saturated rings. The number of anilines is 4. The maximum atomic E-state index is 13.9. The molecule has 0 unspecified atom stereocenters. The van der Waals surface area contributed by atoms with E-state index in [9.17, 15) is 18.9 Å². The molecule has 1 aromatic heterocycles. The van der Waals surface area contributed by atoms with Gasteiger partial charge in [0.1, 0.15) is 23.7 Å². The molecule has 0 aliphatic heterocycles. The number of ether oxygens (including phenoxy) is 1. The second-order valence-corrected chi connectivity index (χ2v) is 6.28. The molecule has 156 valence electrons. The fourth-order valence-electron chi connectivity index (χ4n) is 2.56. The predicted octanol–water partition coefficient (Wildman–Crippen LogP) is 5.33. The summed E-state index contributed by atoms with van der Waals surface area (Å²) in [6.45, 7) is 2.67. The summed E-state index contributed by atoms with van der Waals surface area (Å²) in [5.41, 5.74) is -0.261. The van der Waals surface area contributed by atoms with Gasteiger partial charge in [-0.25, -0.2) is 18.7 Å². The van der Waals surface area contributed by atoms with Crippen LogP contribution >= 0.6 is 0 Å². The van der Waals surface area contributed by atoms with E-state index in [1.165, 1.54) is 0 Å². The highest BCUT2D eigenvalue weighted by atomic mass is 19.1. The highest BCUT2D eigenvalue weighted by Gasteiger charge is 2.24. The van der Waals surface area contributed by atoms with Gasteiger partial charge in [0.05, 0.1) is 17.2 Å². The summed E-state index contributed by atoms with van der Waals surface area (Å²) in [6, 6.07) is 9.56. The van der Waals surface area contributed by atoms with Crippen molar-refractivity contribution in [2.24, 2.45) is 0 Å². The van der Waals surface area contributed by atoms with Crippen molar-refractivity contribution in [2.45, 2.75) is 19.8 Å². The number of nitrogens with zero attached hydrogens (tertiary/aromatic N) is 3. The van der Waals surface area contributed by atoms with E-state index in [1.54, 1.807) is 24.3 Å². The van der Waals surface area contributed by atoms with Crippen molar-refractivity contribution in [3.63, 3.8) is 0 Å². The molecule has 0 amide bonds. The van der Waals surface area contributed by atoms with Crippen LogP contribution in [0.15, 0.2) is 48.8 Å². The fourth-order valence-corrected chi connectivity index (χ4v) is 2.56. The van der Waals surface area contributed by atoms with Crippen LogP contribution in [-0.2, 0) is 0 Å². The lowest BCUT2D eigenvalue weighted by Crippen LogP contribution is -2.06. The molecule has 0 aliphatic rings. The molecule has 30 heavy (non-hydrogen) atoms. The SMILES string of the molecule is CCCCOc1ccc(Nc2ncnc(Nc3cc(F)ccc3F)c2[N+](=O)[O-])cc1. The highest BCUT2D eigenvalue weighted by Crippen LogP contribution is 2.34. The van der Waals surface area contributed by atoms with Gasteiger partial charge in [0, 0.05) is 11.8 Å². The Morgan fingerprint density at radius 3 is 2.43 bits per heavy atom. The molecule has 8 nitrogen and oxygen atoms in total. The molecule has 0 saturated heterocycles. The average molecular weight is 415 g/mol. The van der Waals surface area contributed by atoms with E-state index in [1.807, 2.05) is 0 Å². The molecule has 10 heteroatoms. The first-order valence-corrected chi connectivity index (χ1v) is 9.19. The Bertz CT molecular complexity index is 1030. The monoisotopic (exact) mass is 415 g/mol. The van der Waals surface area contributed by atoms with Gasteiger partial charge < -0.3 is 15.4 Å². The van der Waals surface area contributed by atoms with E-state index < -0.39 is 22.2 Å². The van der Waals surface area contributed by atoms with Crippen molar-refractivity contribution >= 4 is 28.7 Å². The van der Waals surface area contributed by atoms with Crippen LogP contribution < -0.4 is 15.4 Å². The molecule has 0 spiro atoms. The third-order valence-corrected chi connectivity index (χ3v) is 4.07. The Morgan fingerprint density at radius 1 is 1.07 bits per heavy atom. The molecule has 3 aromatic rings. The van der Waals surface area contributed by atoms with Gasteiger partial charge >= 0.3 is 5.69 Å². The van der Waals surface area contributed by atoms with Crippen LogP contribution in [0.4, 0.5) is 37.5 Å². The molecule has 0 radical (unpaired) electrons. The molecule has 3 rings (SSSR count). The lowest BCUT2D eigenvalue weighted by Gasteiger charge is -2.11. The van der Waals surface area contributed by atoms with E-state index in [2.05, 4.69) is 27.5 Å². The molecule has 0 atom stereocenters. The minimum Gasteiger partial charge on any atom is -0.494 e. The number of aromatic nitrogens is 2. The zero-order valence-corrected chi connectivity index (χ0v) is 16.1. The Balaban J connectivity index is 1.84. The molecule has 0 bridgehead atoms. The van der Waals surface area contributed by atoms with Crippen LogP contribution in [0.5, 0.6) is 5.75 Å². The van der Waals surface area contributed by atoms with Crippen molar-refractivity contribution in [3.8, 4) is 5.75 Å². The zero-order chi connectivity index (χ0) is 21.5.